The fraction of sp³-hybridized carbons (Fsp3) is 1.00. The van der Waals surface area contributed by atoms with Crippen LogP contribution in [-0.4, -0.2) is 36.5 Å². The van der Waals surface area contributed by atoms with Crippen LogP contribution in [0.2, 0.25) is 0 Å². The minimum Gasteiger partial charge on any atom is -0.393 e. The molecule has 0 aliphatic heterocycles. The topological polar surface area (TPSA) is 41.5 Å². The third-order valence-electron chi connectivity index (χ3n) is 4.89. The predicted molar refractivity (Wildman–Crippen MR) is 73.6 cm³/mol. The van der Waals surface area contributed by atoms with Gasteiger partial charge in [0.1, 0.15) is 0 Å². The fourth-order valence-corrected chi connectivity index (χ4v) is 3.73. The molecule has 0 aromatic rings. The van der Waals surface area contributed by atoms with Crippen molar-refractivity contribution in [3.63, 3.8) is 0 Å². The lowest BCUT2D eigenvalue weighted by Crippen LogP contribution is -2.67. The number of hydrogen-bond acceptors (Lipinski definition) is 3. The molecule has 0 bridgehead atoms. The monoisotopic (exact) mass is 255 g/mol. The summed E-state index contributed by atoms with van der Waals surface area (Å²) in [5, 5.41) is 13.1. The second kappa shape index (κ2) is 5.89. The van der Waals surface area contributed by atoms with Crippen LogP contribution in [0.1, 0.15) is 52.9 Å². The van der Waals surface area contributed by atoms with Crippen LogP contribution >= 0.6 is 0 Å². The standard InChI is InChI=1S/C15H29NO2/c1-4-18-14-9-13(15(14)6-5-7-15)16-10-11(2)8-12(3)17/h11-14,16-17H,4-10H2,1-3H3. The van der Waals surface area contributed by atoms with E-state index in [4.69, 9.17) is 4.74 Å². The average molecular weight is 255 g/mol. The molecule has 0 aromatic carbocycles. The van der Waals surface area contributed by atoms with Crippen molar-refractivity contribution in [3.8, 4) is 0 Å². The first-order valence-electron chi connectivity index (χ1n) is 7.61. The van der Waals surface area contributed by atoms with Gasteiger partial charge in [-0.05, 0) is 52.0 Å². The zero-order valence-electron chi connectivity index (χ0n) is 12.1. The quantitative estimate of drug-likeness (QED) is 0.733. The minimum atomic E-state index is -0.183. The Hall–Kier alpha value is -0.120. The maximum absolute atomic E-state index is 9.38. The largest absolute Gasteiger partial charge is 0.393 e. The minimum absolute atomic E-state index is 0.183. The van der Waals surface area contributed by atoms with Crippen molar-refractivity contribution in [3.05, 3.63) is 0 Å². The SMILES string of the molecule is CCOC1CC(NCC(C)CC(C)O)C12CCC2. The molecule has 18 heavy (non-hydrogen) atoms. The molecule has 0 aromatic heterocycles. The molecule has 4 unspecified atom stereocenters. The van der Waals surface area contributed by atoms with E-state index >= 15 is 0 Å². The molecule has 2 aliphatic carbocycles. The van der Waals surface area contributed by atoms with Crippen molar-refractivity contribution in [2.24, 2.45) is 11.3 Å². The van der Waals surface area contributed by atoms with E-state index in [-0.39, 0.29) is 6.10 Å². The van der Waals surface area contributed by atoms with Gasteiger partial charge in [-0.2, -0.15) is 0 Å². The molecule has 3 nitrogen and oxygen atoms in total. The Kier molecular flexibility index (Phi) is 4.68. The number of nitrogens with one attached hydrogen (secondary N) is 1. The van der Waals surface area contributed by atoms with Crippen molar-refractivity contribution >= 4 is 0 Å². The number of rotatable bonds is 7. The second-order valence-corrected chi connectivity index (χ2v) is 6.42. The Labute approximate surface area is 111 Å². The summed E-state index contributed by atoms with van der Waals surface area (Å²) >= 11 is 0. The molecule has 2 fully saturated rings. The summed E-state index contributed by atoms with van der Waals surface area (Å²) in [7, 11) is 0. The summed E-state index contributed by atoms with van der Waals surface area (Å²) in [6.45, 7) is 8.05. The van der Waals surface area contributed by atoms with Crippen LogP contribution < -0.4 is 5.32 Å². The highest BCUT2D eigenvalue weighted by Gasteiger charge is 2.58. The molecule has 1 spiro atoms. The lowest BCUT2D eigenvalue weighted by molar-refractivity contribution is -0.173. The van der Waals surface area contributed by atoms with Crippen LogP contribution in [0.3, 0.4) is 0 Å². The van der Waals surface area contributed by atoms with Gasteiger partial charge in [0.05, 0.1) is 12.2 Å². The van der Waals surface area contributed by atoms with Gasteiger partial charge in [0, 0.05) is 18.1 Å². The smallest absolute Gasteiger partial charge is 0.0661 e. The highest BCUT2D eigenvalue weighted by atomic mass is 16.5. The Morgan fingerprint density at radius 2 is 2.11 bits per heavy atom. The van der Waals surface area contributed by atoms with Crippen LogP contribution in [0.15, 0.2) is 0 Å². The van der Waals surface area contributed by atoms with Crippen LogP contribution in [0.4, 0.5) is 0 Å². The molecule has 2 saturated carbocycles. The molecule has 106 valence electrons. The van der Waals surface area contributed by atoms with Crippen LogP contribution in [-0.2, 0) is 4.74 Å². The van der Waals surface area contributed by atoms with E-state index < -0.39 is 0 Å². The second-order valence-electron chi connectivity index (χ2n) is 6.42. The summed E-state index contributed by atoms with van der Waals surface area (Å²) in [6.07, 6.45) is 6.42. The average Bonchev–Trinajstić information content (AvgIpc) is 2.18. The van der Waals surface area contributed by atoms with Gasteiger partial charge >= 0.3 is 0 Å². The van der Waals surface area contributed by atoms with E-state index in [1.165, 1.54) is 25.7 Å². The summed E-state index contributed by atoms with van der Waals surface area (Å²) in [5.41, 5.74) is 0.459. The molecule has 3 heteroatoms. The zero-order valence-corrected chi connectivity index (χ0v) is 12.1. The van der Waals surface area contributed by atoms with E-state index in [9.17, 15) is 5.11 Å². The number of ether oxygens (including phenoxy) is 1. The van der Waals surface area contributed by atoms with Crippen molar-refractivity contribution in [2.45, 2.75) is 71.1 Å². The molecule has 2 aliphatic rings. The molecule has 0 saturated heterocycles. The lowest BCUT2D eigenvalue weighted by atomic mass is 9.51. The van der Waals surface area contributed by atoms with Gasteiger partial charge in [-0.15, -0.1) is 0 Å². The van der Waals surface area contributed by atoms with Crippen LogP contribution in [0.5, 0.6) is 0 Å². The number of hydrogen-bond donors (Lipinski definition) is 2. The van der Waals surface area contributed by atoms with Crippen molar-refractivity contribution in [2.75, 3.05) is 13.2 Å². The van der Waals surface area contributed by atoms with E-state index in [2.05, 4.69) is 19.2 Å². The van der Waals surface area contributed by atoms with E-state index in [0.717, 1.165) is 19.6 Å². The lowest BCUT2D eigenvalue weighted by Gasteiger charge is -2.61. The van der Waals surface area contributed by atoms with Gasteiger partial charge in [-0.25, -0.2) is 0 Å². The van der Waals surface area contributed by atoms with Gasteiger partial charge in [0.15, 0.2) is 0 Å². The third kappa shape index (κ3) is 2.73. The van der Waals surface area contributed by atoms with E-state index in [0.29, 0.717) is 23.5 Å². The molecule has 0 amide bonds. The van der Waals surface area contributed by atoms with Crippen molar-refractivity contribution in [1.29, 1.82) is 0 Å². The van der Waals surface area contributed by atoms with Gasteiger partial charge in [-0.1, -0.05) is 13.3 Å². The predicted octanol–water partition coefficient (Wildman–Crippen LogP) is 2.33. The first-order chi connectivity index (χ1) is 8.58. The highest BCUT2D eigenvalue weighted by Crippen LogP contribution is 2.57. The van der Waals surface area contributed by atoms with Crippen molar-refractivity contribution < 1.29 is 9.84 Å². The zero-order chi connectivity index (χ0) is 13.2. The first-order valence-corrected chi connectivity index (χ1v) is 7.61. The molecule has 0 radical (unpaired) electrons. The van der Waals surface area contributed by atoms with Gasteiger partial charge in [0.25, 0.3) is 0 Å². The maximum Gasteiger partial charge on any atom is 0.0661 e. The van der Waals surface area contributed by atoms with E-state index in [1.54, 1.807) is 0 Å². The number of aliphatic hydroxyl groups excluding tert-OH is 1. The Balaban J connectivity index is 1.74. The normalized spacial score (nSPS) is 32.7. The summed E-state index contributed by atoms with van der Waals surface area (Å²) in [4.78, 5) is 0. The molecule has 2 N–H and O–H groups in total. The molecule has 4 atom stereocenters. The molecular formula is C15H29NO2. The highest BCUT2D eigenvalue weighted by molar-refractivity contribution is 5.12. The molecular weight excluding hydrogens is 226 g/mol. The van der Waals surface area contributed by atoms with Crippen LogP contribution in [0.25, 0.3) is 0 Å². The molecule has 2 rings (SSSR count). The Morgan fingerprint density at radius 3 is 2.61 bits per heavy atom. The first kappa shape index (κ1) is 14.3. The van der Waals surface area contributed by atoms with Crippen LogP contribution in [0, 0.1) is 11.3 Å². The summed E-state index contributed by atoms with van der Waals surface area (Å²) in [5.74, 6) is 0.549. The van der Waals surface area contributed by atoms with Gasteiger partial charge in [-0.3, -0.25) is 0 Å². The van der Waals surface area contributed by atoms with Crippen molar-refractivity contribution in [1.82, 2.24) is 5.32 Å². The van der Waals surface area contributed by atoms with Gasteiger partial charge in [0.2, 0.25) is 0 Å². The summed E-state index contributed by atoms with van der Waals surface area (Å²) in [6, 6.07) is 0.652. The third-order valence-corrected chi connectivity index (χ3v) is 4.89. The Morgan fingerprint density at radius 1 is 1.39 bits per heavy atom. The van der Waals surface area contributed by atoms with Gasteiger partial charge < -0.3 is 15.2 Å². The molecule has 0 heterocycles. The fourth-order valence-electron chi connectivity index (χ4n) is 3.73. The van der Waals surface area contributed by atoms with E-state index in [1.807, 2.05) is 6.92 Å². The maximum atomic E-state index is 9.38. The number of aliphatic hydroxyl groups is 1. The Bertz CT molecular complexity index is 263. The summed E-state index contributed by atoms with van der Waals surface area (Å²) < 4.78 is 5.86.